The molecule has 9 heteroatoms. The lowest BCUT2D eigenvalue weighted by Gasteiger charge is -2.27. The van der Waals surface area contributed by atoms with E-state index in [-0.39, 0.29) is 5.06 Å². The van der Waals surface area contributed by atoms with E-state index in [1.165, 1.54) is 0 Å². The van der Waals surface area contributed by atoms with Crippen LogP contribution >= 0.6 is 7.82 Å². The molecule has 2 aromatic carbocycles. The van der Waals surface area contributed by atoms with E-state index in [4.69, 9.17) is 0 Å². The smallest absolute Gasteiger partial charge is 0.314 e. The van der Waals surface area contributed by atoms with Gasteiger partial charge in [-0.3, -0.25) is 9.32 Å². The maximum Gasteiger partial charge on any atom is 0.494 e. The quantitative estimate of drug-likeness (QED) is 0.624. The normalized spacial score (nSPS) is 18.7. The minimum atomic E-state index is -4.59. The molecule has 0 bridgehead atoms. The van der Waals surface area contributed by atoms with E-state index in [0.717, 1.165) is 7.11 Å². The number of phosphoric ester groups is 1. The van der Waals surface area contributed by atoms with E-state index in [1.807, 2.05) is 0 Å². The third-order valence-corrected chi connectivity index (χ3v) is 4.64. The molecule has 2 N–H and O–H groups in total. The Hall–Kier alpha value is -2.51. The molecule has 0 spiro atoms. The lowest BCUT2D eigenvalue weighted by molar-refractivity contribution is -0.149. The molecule has 1 fully saturated rings. The van der Waals surface area contributed by atoms with Gasteiger partial charge >= 0.3 is 13.9 Å². The SMILES string of the molecule is COP(=O)(O)ON1C(=O)NC(c2ccccc2)(c2ccccc2)C1=O. The van der Waals surface area contributed by atoms with Crippen LogP contribution in [-0.4, -0.2) is 29.0 Å². The average molecular weight is 362 g/mol. The monoisotopic (exact) mass is 362 g/mol. The van der Waals surface area contributed by atoms with Gasteiger partial charge in [0.15, 0.2) is 5.54 Å². The van der Waals surface area contributed by atoms with E-state index in [1.54, 1.807) is 60.7 Å². The number of carbonyl (C=O) groups is 2. The van der Waals surface area contributed by atoms with Crippen molar-refractivity contribution in [2.75, 3.05) is 7.11 Å². The minimum Gasteiger partial charge on any atom is -0.314 e. The molecule has 1 aliphatic heterocycles. The van der Waals surface area contributed by atoms with Crippen LogP contribution in [0, 0.1) is 0 Å². The van der Waals surface area contributed by atoms with Gasteiger partial charge in [-0.05, 0) is 11.1 Å². The highest BCUT2D eigenvalue weighted by Crippen LogP contribution is 2.46. The molecule has 1 heterocycles. The number of hydroxylamine groups is 2. The van der Waals surface area contributed by atoms with Crippen LogP contribution in [0.25, 0.3) is 0 Å². The molecule has 3 amide bonds. The van der Waals surface area contributed by atoms with Crippen molar-refractivity contribution >= 4 is 19.8 Å². The van der Waals surface area contributed by atoms with Crippen molar-refractivity contribution in [3.8, 4) is 0 Å². The zero-order valence-electron chi connectivity index (χ0n) is 13.2. The highest BCUT2D eigenvalue weighted by Gasteiger charge is 2.56. The van der Waals surface area contributed by atoms with Crippen molar-refractivity contribution in [1.82, 2.24) is 10.4 Å². The lowest BCUT2D eigenvalue weighted by Crippen LogP contribution is -2.45. The predicted molar refractivity (Wildman–Crippen MR) is 87.0 cm³/mol. The summed E-state index contributed by atoms with van der Waals surface area (Å²) >= 11 is 0. The standard InChI is InChI=1S/C16H15N2O6P/c1-23-25(21,22)24-18-14(19)16(17-15(18)20,12-8-4-2-5-9-12)13-10-6-3-7-11-13/h2-11H,1H3,(H,17,20)(H,21,22). The lowest BCUT2D eigenvalue weighted by atomic mass is 9.83. The summed E-state index contributed by atoms with van der Waals surface area (Å²) in [6.45, 7) is 0. The van der Waals surface area contributed by atoms with Crippen LogP contribution in [0.1, 0.15) is 11.1 Å². The van der Waals surface area contributed by atoms with Crippen molar-refractivity contribution in [3.05, 3.63) is 71.8 Å². The molecule has 0 radical (unpaired) electrons. The Morgan fingerprint density at radius 1 is 1.00 bits per heavy atom. The van der Waals surface area contributed by atoms with Crippen LogP contribution in [-0.2, 0) is 24.0 Å². The highest BCUT2D eigenvalue weighted by atomic mass is 31.2. The molecule has 1 saturated heterocycles. The number of imide groups is 1. The number of nitrogens with one attached hydrogen (secondary N) is 1. The van der Waals surface area contributed by atoms with E-state index in [9.17, 15) is 19.0 Å². The summed E-state index contributed by atoms with van der Waals surface area (Å²) in [5, 5.41) is 2.80. The van der Waals surface area contributed by atoms with Crippen LogP contribution in [0.4, 0.5) is 4.79 Å². The Morgan fingerprint density at radius 3 is 1.92 bits per heavy atom. The van der Waals surface area contributed by atoms with E-state index in [0.29, 0.717) is 11.1 Å². The Balaban J connectivity index is 2.13. The summed E-state index contributed by atoms with van der Waals surface area (Å²) in [7, 11) is -3.66. The second kappa shape index (κ2) is 6.42. The first-order chi connectivity index (χ1) is 11.9. The molecule has 0 aliphatic carbocycles. The number of urea groups is 1. The van der Waals surface area contributed by atoms with Gasteiger partial charge in [0.05, 0.1) is 0 Å². The molecule has 3 rings (SSSR count). The second-order valence-electron chi connectivity index (χ2n) is 5.24. The van der Waals surface area contributed by atoms with Gasteiger partial charge in [-0.1, -0.05) is 60.7 Å². The first-order valence-corrected chi connectivity index (χ1v) is 8.76. The third kappa shape index (κ3) is 2.96. The molecular formula is C16H15N2O6P. The molecule has 0 saturated carbocycles. The number of rotatable bonds is 5. The zero-order chi connectivity index (χ0) is 18.1. The minimum absolute atomic E-state index is 0.226. The maximum atomic E-state index is 13.1. The van der Waals surface area contributed by atoms with E-state index in [2.05, 4.69) is 14.5 Å². The van der Waals surface area contributed by atoms with Gasteiger partial charge in [0.25, 0.3) is 5.91 Å². The Labute approximate surface area is 143 Å². The fourth-order valence-corrected chi connectivity index (χ4v) is 3.08. The van der Waals surface area contributed by atoms with Gasteiger partial charge in [0, 0.05) is 7.11 Å². The van der Waals surface area contributed by atoms with E-state index >= 15 is 0 Å². The summed E-state index contributed by atoms with van der Waals surface area (Å²) < 4.78 is 20.6. The van der Waals surface area contributed by atoms with Crippen LogP contribution in [0.3, 0.4) is 0 Å². The Morgan fingerprint density at radius 2 is 1.48 bits per heavy atom. The van der Waals surface area contributed by atoms with Crippen molar-refractivity contribution in [1.29, 1.82) is 0 Å². The number of carbonyl (C=O) groups excluding carboxylic acids is 2. The number of hydrogen-bond donors (Lipinski definition) is 2. The fraction of sp³-hybridized carbons (Fsp3) is 0.125. The first-order valence-electron chi connectivity index (χ1n) is 7.27. The summed E-state index contributed by atoms with van der Waals surface area (Å²) in [5.74, 6) is -0.846. The molecule has 25 heavy (non-hydrogen) atoms. The molecule has 1 aliphatic rings. The van der Waals surface area contributed by atoms with Gasteiger partial charge in [0.1, 0.15) is 0 Å². The van der Waals surface area contributed by atoms with Crippen molar-refractivity contribution in [2.24, 2.45) is 0 Å². The molecule has 0 aromatic heterocycles. The fourth-order valence-electron chi connectivity index (χ4n) is 2.65. The topological polar surface area (TPSA) is 105 Å². The molecule has 1 unspecified atom stereocenters. The summed E-state index contributed by atoms with van der Waals surface area (Å²) in [6.07, 6.45) is 0. The largest absolute Gasteiger partial charge is 0.494 e. The van der Waals surface area contributed by atoms with Crippen molar-refractivity contribution in [3.63, 3.8) is 0 Å². The number of nitrogens with zero attached hydrogens (tertiary/aromatic N) is 1. The third-order valence-electron chi connectivity index (χ3n) is 3.81. The molecule has 130 valence electrons. The van der Waals surface area contributed by atoms with Crippen molar-refractivity contribution in [2.45, 2.75) is 5.54 Å². The highest BCUT2D eigenvalue weighted by molar-refractivity contribution is 7.47. The van der Waals surface area contributed by atoms with Crippen LogP contribution in [0.2, 0.25) is 0 Å². The van der Waals surface area contributed by atoms with Gasteiger partial charge in [-0.25, -0.2) is 9.36 Å². The van der Waals surface area contributed by atoms with Crippen LogP contribution < -0.4 is 5.32 Å². The second-order valence-corrected chi connectivity index (χ2v) is 6.71. The summed E-state index contributed by atoms with van der Waals surface area (Å²) in [5.41, 5.74) is -0.612. The first kappa shape index (κ1) is 17.3. The molecule has 2 aromatic rings. The van der Waals surface area contributed by atoms with Gasteiger partial charge in [-0.2, -0.15) is 4.62 Å². The average Bonchev–Trinajstić information content (AvgIpc) is 2.88. The predicted octanol–water partition coefficient (Wildman–Crippen LogP) is 2.16. The van der Waals surface area contributed by atoms with Crippen LogP contribution in [0.5, 0.6) is 0 Å². The molecular weight excluding hydrogens is 347 g/mol. The summed E-state index contributed by atoms with van der Waals surface area (Å²) in [6, 6.07) is 16.1. The van der Waals surface area contributed by atoms with Gasteiger partial charge in [0.2, 0.25) is 0 Å². The molecule has 1 atom stereocenters. The Bertz CT molecular complexity index is 803. The number of amides is 3. The number of phosphoric acid groups is 1. The number of hydrogen-bond acceptors (Lipinski definition) is 5. The van der Waals surface area contributed by atoms with E-state index < -0.39 is 25.3 Å². The molecule has 8 nitrogen and oxygen atoms in total. The van der Waals surface area contributed by atoms with Crippen molar-refractivity contribution < 1.29 is 28.2 Å². The van der Waals surface area contributed by atoms with Crippen LogP contribution in [0.15, 0.2) is 60.7 Å². The van der Waals surface area contributed by atoms with Gasteiger partial charge < -0.3 is 10.2 Å². The van der Waals surface area contributed by atoms with Gasteiger partial charge in [-0.15, -0.1) is 5.06 Å². The number of benzene rings is 2. The maximum absolute atomic E-state index is 13.1. The summed E-state index contributed by atoms with van der Waals surface area (Å²) in [4.78, 5) is 34.9. The zero-order valence-corrected chi connectivity index (χ0v) is 14.1. The Kier molecular flexibility index (Phi) is 4.45.